The fourth-order valence-corrected chi connectivity index (χ4v) is 2.88. The Labute approximate surface area is 119 Å². The molecule has 3 heteroatoms. The number of hydrogen-bond acceptors (Lipinski definition) is 2. The van der Waals surface area contributed by atoms with Gasteiger partial charge in [0.05, 0.1) is 12.3 Å². The number of likely N-dealkylation sites (tertiary alicyclic amines) is 1. The summed E-state index contributed by atoms with van der Waals surface area (Å²) in [6.07, 6.45) is 5.12. The number of aryl methyl sites for hydroxylation is 1. The quantitative estimate of drug-likeness (QED) is 0.850. The Morgan fingerprint density at radius 1 is 1.20 bits per heavy atom. The van der Waals surface area contributed by atoms with Gasteiger partial charge in [-0.15, -0.1) is 0 Å². The first-order valence-corrected chi connectivity index (χ1v) is 7.21. The molecular formula is C17H19NO2. The Balaban J connectivity index is 1.62. The van der Waals surface area contributed by atoms with E-state index in [-0.39, 0.29) is 11.9 Å². The highest BCUT2D eigenvalue weighted by Crippen LogP contribution is 2.32. The van der Waals surface area contributed by atoms with Crippen LogP contribution in [0.2, 0.25) is 0 Å². The molecule has 1 aliphatic rings. The normalized spacial score (nSPS) is 18.4. The molecule has 2 heterocycles. The second kappa shape index (κ2) is 5.95. The summed E-state index contributed by atoms with van der Waals surface area (Å²) in [6, 6.07) is 14.2. The predicted molar refractivity (Wildman–Crippen MR) is 77.2 cm³/mol. The van der Waals surface area contributed by atoms with E-state index < -0.39 is 0 Å². The van der Waals surface area contributed by atoms with Crippen LogP contribution in [0.1, 0.15) is 36.6 Å². The lowest BCUT2D eigenvalue weighted by Crippen LogP contribution is -2.30. The van der Waals surface area contributed by atoms with E-state index in [1.807, 2.05) is 35.2 Å². The van der Waals surface area contributed by atoms with E-state index in [1.165, 1.54) is 5.56 Å². The van der Waals surface area contributed by atoms with Gasteiger partial charge in [-0.1, -0.05) is 30.3 Å². The van der Waals surface area contributed by atoms with Crippen molar-refractivity contribution < 1.29 is 9.21 Å². The van der Waals surface area contributed by atoms with Crippen molar-refractivity contribution in [2.45, 2.75) is 31.7 Å². The van der Waals surface area contributed by atoms with Crippen LogP contribution in [0.4, 0.5) is 0 Å². The molecule has 20 heavy (non-hydrogen) atoms. The molecule has 0 bridgehead atoms. The molecule has 1 atom stereocenters. The van der Waals surface area contributed by atoms with Crippen molar-refractivity contribution in [1.29, 1.82) is 0 Å². The molecule has 1 saturated heterocycles. The van der Waals surface area contributed by atoms with Gasteiger partial charge in [-0.3, -0.25) is 4.79 Å². The van der Waals surface area contributed by atoms with Crippen LogP contribution in [0.3, 0.4) is 0 Å². The van der Waals surface area contributed by atoms with Crippen molar-refractivity contribution in [3.63, 3.8) is 0 Å². The molecule has 0 spiro atoms. The van der Waals surface area contributed by atoms with Crippen LogP contribution in [0.5, 0.6) is 0 Å². The van der Waals surface area contributed by atoms with Gasteiger partial charge in [0.1, 0.15) is 5.76 Å². The van der Waals surface area contributed by atoms with Crippen molar-refractivity contribution in [2.24, 2.45) is 0 Å². The number of benzene rings is 1. The summed E-state index contributed by atoms with van der Waals surface area (Å²) in [5.41, 5.74) is 1.22. The zero-order valence-electron chi connectivity index (χ0n) is 11.5. The van der Waals surface area contributed by atoms with Crippen LogP contribution in [-0.4, -0.2) is 17.4 Å². The van der Waals surface area contributed by atoms with Gasteiger partial charge in [0.2, 0.25) is 5.91 Å². The summed E-state index contributed by atoms with van der Waals surface area (Å²) in [4.78, 5) is 14.4. The van der Waals surface area contributed by atoms with E-state index in [0.29, 0.717) is 6.42 Å². The fourth-order valence-electron chi connectivity index (χ4n) is 2.88. The number of carbonyl (C=O) groups excluding carboxylic acids is 1. The van der Waals surface area contributed by atoms with Crippen LogP contribution in [0.15, 0.2) is 53.1 Å². The van der Waals surface area contributed by atoms with E-state index in [4.69, 9.17) is 4.42 Å². The van der Waals surface area contributed by atoms with Gasteiger partial charge in [0.25, 0.3) is 0 Å². The number of rotatable bonds is 4. The van der Waals surface area contributed by atoms with Crippen molar-refractivity contribution in [3.05, 3.63) is 60.1 Å². The Bertz CT molecular complexity index is 548. The highest BCUT2D eigenvalue weighted by atomic mass is 16.3. The average molecular weight is 269 g/mol. The average Bonchev–Trinajstić information content (AvgIpc) is 3.15. The topological polar surface area (TPSA) is 33.5 Å². The summed E-state index contributed by atoms with van der Waals surface area (Å²) >= 11 is 0. The van der Waals surface area contributed by atoms with Crippen LogP contribution in [-0.2, 0) is 11.2 Å². The van der Waals surface area contributed by atoms with Crippen molar-refractivity contribution in [3.8, 4) is 0 Å². The smallest absolute Gasteiger partial charge is 0.223 e. The Hall–Kier alpha value is -2.03. The molecule has 0 unspecified atom stereocenters. The van der Waals surface area contributed by atoms with Crippen LogP contribution in [0, 0.1) is 0 Å². The number of furan rings is 1. The molecule has 0 aliphatic carbocycles. The molecule has 2 aromatic rings. The zero-order chi connectivity index (χ0) is 13.8. The summed E-state index contributed by atoms with van der Waals surface area (Å²) in [6.45, 7) is 0.846. The van der Waals surface area contributed by atoms with Gasteiger partial charge >= 0.3 is 0 Å². The molecule has 1 aliphatic heterocycles. The summed E-state index contributed by atoms with van der Waals surface area (Å²) in [5.74, 6) is 1.14. The van der Waals surface area contributed by atoms with Crippen molar-refractivity contribution in [2.75, 3.05) is 6.54 Å². The van der Waals surface area contributed by atoms with Crippen LogP contribution >= 0.6 is 0 Å². The standard InChI is InChI=1S/C17H19NO2/c19-17(11-10-14-6-2-1-3-7-14)18-12-4-8-15(18)16-9-5-13-20-16/h1-3,5-7,9,13,15H,4,8,10-12H2/t15-/m0/s1. The van der Waals surface area contributed by atoms with Crippen LogP contribution in [0.25, 0.3) is 0 Å². The first-order valence-electron chi connectivity index (χ1n) is 7.21. The number of amides is 1. The molecule has 0 N–H and O–H groups in total. The SMILES string of the molecule is O=C(CCc1ccccc1)N1CCC[C@H]1c1ccco1. The van der Waals surface area contributed by atoms with Gasteiger partial charge in [0.15, 0.2) is 0 Å². The van der Waals surface area contributed by atoms with E-state index in [0.717, 1.165) is 31.6 Å². The second-order valence-electron chi connectivity index (χ2n) is 5.25. The van der Waals surface area contributed by atoms with E-state index >= 15 is 0 Å². The minimum absolute atomic E-state index is 0.133. The summed E-state index contributed by atoms with van der Waals surface area (Å²) in [7, 11) is 0. The third-order valence-electron chi connectivity index (χ3n) is 3.92. The molecule has 1 amide bonds. The van der Waals surface area contributed by atoms with E-state index in [2.05, 4.69) is 12.1 Å². The maximum absolute atomic E-state index is 12.4. The lowest BCUT2D eigenvalue weighted by Gasteiger charge is -2.23. The fraction of sp³-hybridized carbons (Fsp3) is 0.353. The Kier molecular flexibility index (Phi) is 3.86. The molecule has 1 aromatic heterocycles. The van der Waals surface area contributed by atoms with Gasteiger partial charge in [-0.25, -0.2) is 0 Å². The van der Waals surface area contributed by atoms with Crippen LogP contribution < -0.4 is 0 Å². The summed E-state index contributed by atoms with van der Waals surface area (Å²) in [5, 5.41) is 0. The lowest BCUT2D eigenvalue weighted by molar-refractivity contribution is -0.132. The van der Waals surface area contributed by atoms with Crippen molar-refractivity contribution in [1.82, 2.24) is 4.90 Å². The molecule has 104 valence electrons. The molecule has 3 nitrogen and oxygen atoms in total. The highest BCUT2D eigenvalue weighted by Gasteiger charge is 2.31. The zero-order valence-corrected chi connectivity index (χ0v) is 11.5. The molecule has 0 saturated carbocycles. The number of carbonyl (C=O) groups is 1. The van der Waals surface area contributed by atoms with E-state index in [9.17, 15) is 4.79 Å². The Morgan fingerprint density at radius 2 is 2.05 bits per heavy atom. The van der Waals surface area contributed by atoms with Gasteiger partial charge in [0, 0.05) is 13.0 Å². The Morgan fingerprint density at radius 3 is 2.80 bits per heavy atom. The lowest BCUT2D eigenvalue weighted by atomic mass is 10.1. The number of hydrogen-bond donors (Lipinski definition) is 0. The third-order valence-corrected chi connectivity index (χ3v) is 3.92. The van der Waals surface area contributed by atoms with Gasteiger partial charge < -0.3 is 9.32 Å². The minimum Gasteiger partial charge on any atom is -0.467 e. The first kappa shape index (κ1) is 13.0. The van der Waals surface area contributed by atoms with E-state index in [1.54, 1.807) is 6.26 Å². The second-order valence-corrected chi connectivity index (χ2v) is 5.25. The molecule has 1 aromatic carbocycles. The molecule has 1 fully saturated rings. The monoisotopic (exact) mass is 269 g/mol. The highest BCUT2D eigenvalue weighted by molar-refractivity contribution is 5.77. The van der Waals surface area contributed by atoms with Gasteiger partial charge in [-0.05, 0) is 37.0 Å². The third kappa shape index (κ3) is 2.77. The molecule has 3 rings (SSSR count). The maximum Gasteiger partial charge on any atom is 0.223 e. The predicted octanol–water partition coefficient (Wildman–Crippen LogP) is 3.58. The minimum atomic E-state index is 0.133. The van der Waals surface area contributed by atoms with Crippen molar-refractivity contribution >= 4 is 5.91 Å². The summed E-state index contributed by atoms with van der Waals surface area (Å²) < 4.78 is 5.47. The molecule has 0 radical (unpaired) electrons. The first-order chi connectivity index (χ1) is 9.84. The maximum atomic E-state index is 12.4. The molecular weight excluding hydrogens is 250 g/mol. The largest absolute Gasteiger partial charge is 0.467 e. The number of nitrogens with zero attached hydrogens (tertiary/aromatic N) is 1. The van der Waals surface area contributed by atoms with Gasteiger partial charge in [-0.2, -0.15) is 0 Å².